The molecular formula is C14H24N4S. The SMILES string of the molecule is CNc1cc(NC2CCCCC2(C)C)nc(SC)n1. The van der Waals surface area contributed by atoms with E-state index in [1.54, 1.807) is 11.8 Å². The summed E-state index contributed by atoms with van der Waals surface area (Å²) in [6, 6.07) is 2.49. The van der Waals surface area contributed by atoms with Crippen LogP contribution in [0.1, 0.15) is 39.5 Å². The molecule has 5 heteroatoms. The van der Waals surface area contributed by atoms with Crippen LogP contribution in [0.3, 0.4) is 0 Å². The van der Waals surface area contributed by atoms with Crippen LogP contribution in [0.15, 0.2) is 11.2 Å². The first-order chi connectivity index (χ1) is 9.05. The molecule has 1 aromatic heterocycles. The standard InChI is InChI=1S/C14H24N4S/c1-14(2)8-6-5-7-10(14)16-12-9-11(15-3)17-13(18-12)19-4/h9-10H,5-8H2,1-4H3,(H2,15,16,17,18). The smallest absolute Gasteiger partial charge is 0.191 e. The number of nitrogens with zero attached hydrogens (tertiary/aromatic N) is 2. The quantitative estimate of drug-likeness (QED) is 0.651. The van der Waals surface area contributed by atoms with E-state index >= 15 is 0 Å². The topological polar surface area (TPSA) is 49.8 Å². The summed E-state index contributed by atoms with van der Waals surface area (Å²) >= 11 is 1.57. The van der Waals surface area contributed by atoms with Crippen LogP contribution in [0.5, 0.6) is 0 Å². The highest BCUT2D eigenvalue weighted by Gasteiger charge is 2.32. The lowest BCUT2D eigenvalue weighted by atomic mass is 9.73. The largest absolute Gasteiger partial charge is 0.373 e. The minimum Gasteiger partial charge on any atom is -0.373 e. The number of rotatable bonds is 4. The van der Waals surface area contributed by atoms with Gasteiger partial charge in [0.1, 0.15) is 11.6 Å². The molecule has 1 saturated carbocycles. The molecule has 0 radical (unpaired) electrons. The van der Waals surface area contributed by atoms with Gasteiger partial charge in [0.25, 0.3) is 0 Å². The van der Waals surface area contributed by atoms with Gasteiger partial charge >= 0.3 is 0 Å². The molecule has 0 spiro atoms. The highest BCUT2D eigenvalue weighted by Crippen LogP contribution is 2.37. The molecule has 106 valence electrons. The maximum atomic E-state index is 4.56. The molecule has 4 nitrogen and oxygen atoms in total. The van der Waals surface area contributed by atoms with E-state index in [4.69, 9.17) is 0 Å². The lowest BCUT2D eigenvalue weighted by Gasteiger charge is -2.39. The summed E-state index contributed by atoms with van der Waals surface area (Å²) in [5.74, 6) is 1.80. The Kier molecular flexibility index (Phi) is 4.55. The van der Waals surface area contributed by atoms with Crippen molar-refractivity contribution in [1.29, 1.82) is 0 Å². The molecule has 1 aliphatic carbocycles. The van der Waals surface area contributed by atoms with Gasteiger partial charge < -0.3 is 10.6 Å². The summed E-state index contributed by atoms with van der Waals surface area (Å²) in [5, 5.41) is 7.52. The molecule has 0 aliphatic heterocycles. The predicted molar refractivity (Wildman–Crippen MR) is 83.0 cm³/mol. The van der Waals surface area contributed by atoms with Crippen molar-refractivity contribution in [2.24, 2.45) is 5.41 Å². The summed E-state index contributed by atoms with van der Waals surface area (Å²) in [6.45, 7) is 4.69. The Bertz CT molecular complexity index is 411. The Morgan fingerprint density at radius 3 is 2.63 bits per heavy atom. The molecule has 1 aromatic rings. The fraction of sp³-hybridized carbons (Fsp3) is 0.714. The fourth-order valence-corrected chi connectivity index (χ4v) is 3.04. The van der Waals surface area contributed by atoms with Gasteiger partial charge in [0.05, 0.1) is 0 Å². The number of aromatic nitrogens is 2. The first-order valence-electron chi connectivity index (χ1n) is 6.92. The second kappa shape index (κ2) is 5.99. The molecule has 0 amide bonds. The minimum atomic E-state index is 0.336. The van der Waals surface area contributed by atoms with Crippen LogP contribution < -0.4 is 10.6 Å². The molecule has 0 saturated heterocycles. The lowest BCUT2D eigenvalue weighted by molar-refractivity contribution is 0.216. The van der Waals surface area contributed by atoms with Crippen molar-refractivity contribution in [3.63, 3.8) is 0 Å². The Morgan fingerprint density at radius 1 is 1.26 bits per heavy atom. The Labute approximate surface area is 120 Å². The van der Waals surface area contributed by atoms with Gasteiger partial charge in [0.15, 0.2) is 5.16 Å². The summed E-state index contributed by atoms with van der Waals surface area (Å²) < 4.78 is 0. The van der Waals surface area contributed by atoms with E-state index in [9.17, 15) is 0 Å². The first kappa shape index (κ1) is 14.4. The molecule has 2 rings (SSSR count). The molecule has 0 bridgehead atoms. The van der Waals surface area contributed by atoms with Crippen LogP contribution in [-0.4, -0.2) is 29.3 Å². The molecule has 1 atom stereocenters. The van der Waals surface area contributed by atoms with Crippen molar-refractivity contribution in [2.75, 3.05) is 23.9 Å². The molecule has 0 aromatic carbocycles. The first-order valence-corrected chi connectivity index (χ1v) is 8.15. The monoisotopic (exact) mass is 280 g/mol. The van der Waals surface area contributed by atoms with E-state index in [-0.39, 0.29) is 0 Å². The van der Waals surface area contributed by atoms with Crippen molar-refractivity contribution in [1.82, 2.24) is 9.97 Å². The van der Waals surface area contributed by atoms with Gasteiger partial charge in [-0.1, -0.05) is 38.5 Å². The predicted octanol–water partition coefficient (Wildman–Crippen LogP) is 3.62. The van der Waals surface area contributed by atoms with E-state index in [1.165, 1.54) is 25.7 Å². The Morgan fingerprint density at radius 2 is 2.00 bits per heavy atom. The van der Waals surface area contributed by atoms with Crippen LogP contribution in [0.2, 0.25) is 0 Å². The Balaban J connectivity index is 2.17. The summed E-state index contributed by atoms with van der Waals surface area (Å²) in [5.41, 5.74) is 0.336. The van der Waals surface area contributed by atoms with E-state index in [0.29, 0.717) is 11.5 Å². The van der Waals surface area contributed by atoms with E-state index in [1.807, 2.05) is 19.4 Å². The number of anilines is 2. The molecular weight excluding hydrogens is 256 g/mol. The van der Waals surface area contributed by atoms with E-state index in [2.05, 4.69) is 34.4 Å². The van der Waals surface area contributed by atoms with Crippen LogP contribution in [-0.2, 0) is 0 Å². The maximum Gasteiger partial charge on any atom is 0.191 e. The molecule has 1 heterocycles. The van der Waals surface area contributed by atoms with Gasteiger partial charge in [0.2, 0.25) is 0 Å². The maximum absolute atomic E-state index is 4.56. The van der Waals surface area contributed by atoms with Crippen LogP contribution in [0, 0.1) is 5.41 Å². The number of hydrogen-bond acceptors (Lipinski definition) is 5. The van der Waals surface area contributed by atoms with Gasteiger partial charge in [-0.25, -0.2) is 9.97 Å². The summed E-state index contributed by atoms with van der Waals surface area (Å²) in [6.07, 6.45) is 7.15. The van der Waals surface area contributed by atoms with Crippen molar-refractivity contribution in [2.45, 2.75) is 50.7 Å². The third kappa shape index (κ3) is 3.53. The zero-order valence-electron chi connectivity index (χ0n) is 12.3. The molecule has 2 N–H and O–H groups in total. The highest BCUT2D eigenvalue weighted by atomic mass is 32.2. The van der Waals surface area contributed by atoms with Gasteiger partial charge in [-0.15, -0.1) is 0 Å². The third-order valence-corrected chi connectivity index (χ3v) is 4.52. The van der Waals surface area contributed by atoms with Crippen LogP contribution in [0.4, 0.5) is 11.6 Å². The van der Waals surface area contributed by atoms with Crippen molar-refractivity contribution in [3.05, 3.63) is 6.07 Å². The number of nitrogens with one attached hydrogen (secondary N) is 2. The van der Waals surface area contributed by atoms with Crippen molar-refractivity contribution < 1.29 is 0 Å². The van der Waals surface area contributed by atoms with Crippen LogP contribution in [0.25, 0.3) is 0 Å². The van der Waals surface area contributed by atoms with Gasteiger partial charge in [-0.05, 0) is 24.5 Å². The number of hydrogen-bond donors (Lipinski definition) is 2. The highest BCUT2D eigenvalue weighted by molar-refractivity contribution is 7.98. The van der Waals surface area contributed by atoms with Gasteiger partial charge in [0, 0.05) is 19.2 Å². The van der Waals surface area contributed by atoms with Gasteiger partial charge in [-0.3, -0.25) is 0 Å². The summed E-state index contributed by atoms with van der Waals surface area (Å²) in [4.78, 5) is 8.96. The number of thioether (sulfide) groups is 1. The van der Waals surface area contributed by atoms with E-state index < -0.39 is 0 Å². The minimum absolute atomic E-state index is 0.336. The zero-order chi connectivity index (χ0) is 13.9. The zero-order valence-corrected chi connectivity index (χ0v) is 13.1. The molecule has 1 aliphatic rings. The summed E-state index contributed by atoms with van der Waals surface area (Å²) in [7, 11) is 1.89. The average molecular weight is 280 g/mol. The van der Waals surface area contributed by atoms with Crippen molar-refractivity contribution >= 4 is 23.4 Å². The normalized spacial score (nSPS) is 22.0. The van der Waals surface area contributed by atoms with E-state index in [0.717, 1.165) is 16.8 Å². The molecule has 19 heavy (non-hydrogen) atoms. The molecule has 1 fully saturated rings. The lowest BCUT2D eigenvalue weighted by Crippen LogP contribution is -2.39. The van der Waals surface area contributed by atoms with Crippen LogP contribution >= 0.6 is 11.8 Å². The second-order valence-corrected chi connectivity index (χ2v) is 6.58. The Hall–Kier alpha value is -0.970. The van der Waals surface area contributed by atoms with Gasteiger partial charge in [-0.2, -0.15) is 0 Å². The second-order valence-electron chi connectivity index (χ2n) is 5.81. The van der Waals surface area contributed by atoms with Crippen molar-refractivity contribution in [3.8, 4) is 0 Å². The fourth-order valence-electron chi connectivity index (χ4n) is 2.66. The molecule has 1 unspecified atom stereocenters. The average Bonchev–Trinajstić information content (AvgIpc) is 2.40. The third-order valence-electron chi connectivity index (χ3n) is 3.97.